The van der Waals surface area contributed by atoms with E-state index in [1.54, 1.807) is 24.3 Å². The fourth-order valence-electron chi connectivity index (χ4n) is 2.73. The molecule has 9 nitrogen and oxygen atoms in total. The summed E-state index contributed by atoms with van der Waals surface area (Å²) in [5.74, 6) is 2.34. The Bertz CT molecular complexity index is 758. The van der Waals surface area contributed by atoms with Crippen molar-refractivity contribution in [3.8, 4) is 34.5 Å². The zero-order valence-electron chi connectivity index (χ0n) is 18.0. The predicted molar refractivity (Wildman–Crippen MR) is 112 cm³/mol. The van der Waals surface area contributed by atoms with Crippen molar-refractivity contribution >= 4 is 12.6 Å². The van der Waals surface area contributed by atoms with Crippen LogP contribution in [0.5, 0.6) is 34.5 Å². The van der Waals surface area contributed by atoms with Crippen LogP contribution >= 0.6 is 0 Å². The third kappa shape index (κ3) is 6.26. The van der Waals surface area contributed by atoms with E-state index in [1.165, 1.54) is 28.4 Å². The maximum Gasteiger partial charge on any atom is 0.203 e. The second-order valence-corrected chi connectivity index (χ2v) is 6.05. The highest BCUT2D eigenvalue weighted by Gasteiger charge is 2.15. The molecule has 9 heteroatoms. The van der Waals surface area contributed by atoms with Crippen LogP contribution < -0.4 is 28.4 Å². The number of hydrogen-bond donors (Lipinski definition) is 0. The lowest BCUT2D eigenvalue weighted by Crippen LogP contribution is -2.13. The molecule has 0 spiro atoms. The summed E-state index contributed by atoms with van der Waals surface area (Å²) in [6, 6.07) is 6.26. The lowest BCUT2D eigenvalue weighted by molar-refractivity contribution is 0.0735. The van der Waals surface area contributed by atoms with Crippen LogP contribution in [-0.2, 0) is 4.74 Å². The molecule has 0 amide bonds. The smallest absolute Gasteiger partial charge is 0.203 e. The first-order valence-corrected chi connectivity index (χ1v) is 9.37. The van der Waals surface area contributed by atoms with Crippen LogP contribution in [0.2, 0.25) is 0 Å². The molecule has 0 radical (unpaired) electrons. The summed E-state index contributed by atoms with van der Waals surface area (Å²) >= 11 is 0. The van der Waals surface area contributed by atoms with E-state index in [0.717, 1.165) is 0 Å². The van der Waals surface area contributed by atoms with Crippen LogP contribution in [0.25, 0.3) is 0 Å². The Morgan fingerprint density at radius 2 is 0.903 bits per heavy atom. The van der Waals surface area contributed by atoms with Gasteiger partial charge in [-0.15, -0.1) is 0 Å². The van der Waals surface area contributed by atoms with Gasteiger partial charge in [-0.3, -0.25) is 9.59 Å². The lowest BCUT2D eigenvalue weighted by atomic mass is 10.2. The minimum atomic E-state index is 0.230. The molecule has 0 aromatic heterocycles. The molecule has 0 bridgehead atoms. The molecule has 0 atom stereocenters. The van der Waals surface area contributed by atoms with Gasteiger partial charge >= 0.3 is 0 Å². The number of carbonyl (C=O) groups excluding carboxylic acids is 2. The van der Waals surface area contributed by atoms with E-state index < -0.39 is 0 Å². The Kier molecular flexibility index (Phi) is 9.44. The zero-order valence-corrected chi connectivity index (χ0v) is 18.0. The Labute approximate surface area is 180 Å². The van der Waals surface area contributed by atoms with Gasteiger partial charge in [0.1, 0.15) is 25.8 Å². The molecule has 0 aliphatic carbocycles. The molecule has 0 aliphatic heterocycles. The number of ether oxygens (including phenoxy) is 7. The monoisotopic (exact) mass is 434 g/mol. The molecule has 2 aromatic rings. The Morgan fingerprint density at radius 1 is 0.581 bits per heavy atom. The van der Waals surface area contributed by atoms with E-state index >= 15 is 0 Å². The first-order chi connectivity index (χ1) is 15.1. The molecule has 31 heavy (non-hydrogen) atoms. The molecule has 0 aliphatic rings. The third-order valence-electron chi connectivity index (χ3n) is 4.19. The van der Waals surface area contributed by atoms with Crippen molar-refractivity contribution in [2.75, 3.05) is 54.9 Å². The van der Waals surface area contributed by atoms with Crippen LogP contribution in [0, 0.1) is 0 Å². The number of benzene rings is 2. The van der Waals surface area contributed by atoms with Gasteiger partial charge in [0, 0.05) is 11.1 Å². The highest BCUT2D eigenvalue weighted by atomic mass is 16.6. The van der Waals surface area contributed by atoms with E-state index in [4.69, 9.17) is 33.2 Å². The average Bonchev–Trinajstić information content (AvgIpc) is 2.82. The first-order valence-electron chi connectivity index (χ1n) is 9.37. The number of rotatable bonds is 14. The SMILES string of the molecule is COc1cc(C=O)cc(OC)c1OCCOCCOc1c(OC)cc(C=O)cc1OC. The van der Waals surface area contributed by atoms with Gasteiger partial charge in [0.05, 0.1) is 41.7 Å². The molecule has 2 rings (SSSR count). The summed E-state index contributed by atoms with van der Waals surface area (Å²) in [7, 11) is 5.92. The fraction of sp³-hybridized carbons (Fsp3) is 0.364. The second-order valence-electron chi connectivity index (χ2n) is 6.05. The lowest BCUT2D eigenvalue weighted by Gasteiger charge is -2.16. The van der Waals surface area contributed by atoms with Gasteiger partial charge in [-0.05, 0) is 24.3 Å². The standard InChI is InChI=1S/C22H26O9/c1-25-17-9-15(13-23)10-18(26-2)21(17)30-7-5-29-6-8-31-22-19(27-3)11-16(14-24)12-20(22)28-4/h9-14H,5-8H2,1-4H3. The predicted octanol–water partition coefficient (Wildman–Crippen LogP) is 2.82. The van der Waals surface area contributed by atoms with E-state index in [2.05, 4.69) is 0 Å². The van der Waals surface area contributed by atoms with Crippen LogP contribution in [-0.4, -0.2) is 67.4 Å². The average molecular weight is 434 g/mol. The van der Waals surface area contributed by atoms with Crippen molar-refractivity contribution in [2.45, 2.75) is 0 Å². The van der Waals surface area contributed by atoms with Crippen molar-refractivity contribution in [3.05, 3.63) is 35.4 Å². The summed E-state index contributed by atoms with van der Waals surface area (Å²) in [4.78, 5) is 22.0. The van der Waals surface area contributed by atoms with Crippen LogP contribution in [0.1, 0.15) is 20.7 Å². The van der Waals surface area contributed by atoms with Crippen LogP contribution in [0.4, 0.5) is 0 Å². The van der Waals surface area contributed by atoms with Gasteiger partial charge in [-0.1, -0.05) is 0 Å². The van der Waals surface area contributed by atoms with Crippen molar-refractivity contribution in [1.82, 2.24) is 0 Å². The van der Waals surface area contributed by atoms with Gasteiger partial charge in [0.15, 0.2) is 23.0 Å². The highest BCUT2D eigenvalue weighted by molar-refractivity contribution is 5.79. The summed E-state index contributed by atoms with van der Waals surface area (Å²) in [6.07, 6.45) is 1.41. The van der Waals surface area contributed by atoms with Gasteiger partial charge in [0.25, 0.3) is 0 Å². The molecule has 0 N–H and O–H groups in total. The van der Waals surface area contributed by atoms with Crippen LogP contribution in [0.15, 0.2) is 24.3 Å². The summed E-state index contributed by atoms with van der Waals surface area (Å²) in [6.45, 7) is 1.02. The van der Waals surface area contributed by atoms with E-state index in [9.17, 15) is 9.59 Å². The van der Waals surface area contributed by atoms with E-state index in [1.807, 2.05) is 0 Å². The maximum atomic E-state index is 11.0. The first kappa shape index (κ1) is 23.8. The quantitative estimate of drug-likeness (QED) is 0.328. The number of carbonyl (C=O) groups is 2. The molecule has 0 unspecified atom stereocenters. The second kappa shape index (κ2) is 12.3. The molecule has 0 saturated heterocycles. The Morgan fingerprint density at radius 3 is 1.16 bits per heavy atom. The minimum absolute atomic E-state index is 0.230. The fourth-order valence-corrected chi connectivity index (χ4v) is 2.73. The van der Waals surface area contributed by atoms with Crippen molar-refractivity contribution in [2.24, 2.45) is 0 Å². The largest absolute Gasteiger partial charge is 0.493 e. The van der Waals surface area contributed by atoms with Gasteiger partial charge < -0.3 is 33.2 Å². The molecule has 0 heterocycles. The molecule has 0 saturated carbocycles. The highest BCUT2D eigenvalue weighted by Crippen LogP contribution is 2.39. The van der Waals surface area contributed by atoms with Crippen LogP contribution in [0.3, 0.4) is 0 Å². The summed E-state index contributed by atoms with van der Waals surface area (Å²) < 4.78 is 38.0. The normalized spacial score (nSPS) is 10.2. The van der Waals surface area contributed by atoms with Crippen molar-refractivity contribution in [1.29, 1.82) is 0 Å². The van der Waals surface area contributed by atoms with Gasteiger partial charge in [-0.2, -0.15) is 0 Å². The minimum Gasteiger partial charge on any atom is -0.493 e. The van der Waals surface area contributed by atoms with Gasteiger partial charge in [-0.25, -0.2) is 0 Å². The topological polar surface area (TPSA) is 98.8 Å². The summed E-state index contributed by atoms with van der Waals surface area (Å²) in [5.41, 5.74) is 0.836. The van der Waals surface area contributed by atoms with Crippen molar-refractivity contribution in [3.63, 3.8) is 0 Å². The Hall–Kier alpha value is -3.46. The zero-order chi connectivity index (χ0) is 22.6. The number of methoxy groups -OCH3 is 4. The number of hydrogen-bond acceptors (Lipinski definition) is 9. The van der Waals surface area contributed by atoms with E-state index in [-0.39, 0.29) is 26.4 Å². The third-order valence-corrected chi connectivity index (χ3v) is 4.19. The van der Waals surface area contributed by atoms with Gasteiger partial charge in [0.2, 0.25) is 11.5 Å². The van der Waals surface area contributed by atoms with Crippen molar-refractivity contribution < 1.29 is 42.7 Å². The summed E-state index contributed by atoms with van der Waals surface area (Å²) in [5, 5.41) is 0. The Balaban J connectivity index is 1.85. The molecule has 0 fully saturated rings. The molecular weight excluding hydrogens is 408 g/mol. The molecule has 168 valence electrons. The van der Waals surface area contributed by atoms with E-state index in [0.29, 0.717) is 58.2 Å². The molecular formula is C22H26O9. The molecule has 2 aromatic carbocycles. The number of aldehydes is 2. The maximum absolute atomic E-state index is 11.0.